The molecule has 0 aromatic heterocycles. The molecule has 0 unspecified atom stereocenters. The van der Waals surface area contributed by atoms with E-state index in [1.807, 2.05) is 0 Å². The molecule has 0 radical (unpaired) electrons. The zero-order chi connectivity index (χ0) is 8.97. The third kappa shape index (κ3) is 2.16. The number of carbonyl (C=O) groups is 1. The number of rotatable bonds is 2. The summed E-state index contributed by atoms with van der Waals surface area (Å²) >= 11 is 0. The minimum atomic E-state index is -0.356. The van der Waals surface area contributed by atoms with Gasteiger partial charge in [0.25, 0.3) is 0 Å². The Morgan fingerprint density at radius 2 is 2.00 bits per heavy atom. The standard InChI is InChI=1S/C8H8N2O2/c1-6(11)12-8-4-2-7(10-9)3-5-8/h2-5,9H,1H3. The summed E-state index contributed by atoms with van der Waals surface area (Å²) in [4.78, 5) is 10.5. The molecule has 0 aliphatic carbocycles. The van der Waals surface area contributed by atoms with E-state index in [4.69, 9.17) is 10.3 Å². The molecule has 0 heterocycles. The van der Waals surface area contributed by atoms with Crippen molar-refractivity contribution in [3.8, 4) is 5.75 Å². The minimum Gasteiger partial charge on any atom is -0.427 e. The second kappa shape index (κ2) is 3.61. The third-order valence-electron chi connectivity index (χ3n) is 1.23. The van der Waals surface area contributed by atoms with Crippen molar-refractivity contribution in [2.45, 2.75) is 6.92 Å². The van der Waals surface area contributed by atoms with E-state index in [-0.39, 0.29) is 5.97 Å². The fourth-order valence-corrected chi connectivity index (χ4v) is 0.755. The fourth-order valence-electron chi connectivity index (χ4n) is 0.755. The molecule has 12 heavy (non-hydrogen) atoms. The Labute approximate surface area is 69.7 Å². The molecular formula is C8H8N2O2. The molecule has 4 heteroatoms. The average Bonchev–Trinajstić information content (AvgIpc) is 2.05. The Hall–Kier alpha value is -1.71. The Balaban J connectivity index is 2.77. The lowest BCUT2D eigenvalue weighted by Crippen LogP contribution is -2.00. The van der Waals surface area contributed by atoms with Crippen molar-refractivity contribution >= 4 is 11.7 Å². The second-order valence-electron chi connectivity index (χ2n) is 2.20. The normalized spacial score (nSPS) is 9.08. The molecule has 1 N–H and O–H groups in total. The van der Waals surface area contributed by atoms with Crippen molar-refractivity contribution in [1.29, 1.82) is 5.53 Å². The maximum Gasteiger partial charge on any atom is 0.308 e. The monoisotopic (exact) mass is 164 g/mol. The van der Waals surface area contributed by atoms with Crippen LogP contribution < -0.4 is 4.74 Å². The summed E-state index contributed by atoms with van der Waals surface area (Å²) in [5.41, 5.74) is 7.21. The Morgan fingerprint density at radius 3 is 2.42 bits per heavy atom. The van der Waals surface area contributed by atoms with Crippen LogP contribution in [0.15, 0.2) is 29.4 Å². The van der Waals surface area contributed by atoms with Gasteiger partial charge in [-0.15, -0.1) is 0 Å². The van der Waals surface area contributed by atoms with Crippen LogP contribution in [-0.4, -0.2) is 5.97 Å². The van der Waals surface area contributed by atoms with Crippen LogP contribution in [0.2, 0.25) is 0 Å². The van der Waals surface area contributed by atoms with E-state index in [0.717, 1.165) is 0 Å². The molecule has 1 aromatic carbocycles. The first-order valence-electron chi connectivity index (χ1n) is 3.38. The van der Waals surface area contributed by atoms with Crippen LogP contribution in [0.3, 0.4) is 0 Å². The number of hydrogen-bond acceptors (Lipinski definition) is 4. The Kier molecular flexibility index (Phi) is 2.53. The van der Waals surface area contributed by atoms with Gasteiger partial charge in [0.15, 0.2) is 0 Å². The van der Waals surface area contributed by atoms with Gasteiger partial charge in [0.1, 0.15) is 5.75 Å². The van der Waals surface area contributed by atoms with Crippen molar-refractivity contribution in [3.63, 3.8) is 0 Å². The molecule has 0 fully saturated rings. The number of esters is 1. The van der Waals surface area contributed by atoms with Crippen molar-refractivity contribution in [2.75, 3.05) is 0 Å². The molecule has 0 saturated heterocycles. The Morgan fingerprint density at radius 1 is 1.42 bits per heavy atom. The summed E-state index contributed by atoms with van der Waals surface area (Å²) in [5, 5.41) is 3.20. The van der Waals surface area contributed by atoms with E-state index in [2.05, 4.69) is 5.11 Å². The van der Waals surface area contributed by atoms with Gasteiger partial charge < -0.3 is 4.74 Å². The summed E-state index contributed by atoms with van der Waals surface area (Å²) in [6.07, 6.45) is 0. The smallest absolute Gasteiger partial charge is 0.308 e. The second-order valence-corrected chi connectivity index (χ2v) is 2.20. The molecule has 0 saturated carbocycles. The number of nitrogens with zero attached hydrogens (tertiary/aromatic N) is 1. The zero-order valence-electron chi connectivity index (χ0n) is 6.57. The minimum absolute atomic E-state index is 0.356. The zero-order valence-corrected chi connectivity index (χ0v) is 6.57. The first kappa shape index (κ1) is 8.39. The van der Waals surface area contributed by atoms with E-state index in [0.29, 0.717) is 11.4 Å². The van der Waals surface area contributed by atoms with Gasteiger partial charge in [0, 0.05) is 6.92 Å². The van der Waals surface area contributed by atoms with Gasteiger partial charge in [-0.05, 0) is 24.3 Å². The lowest BCUT2D eigenvalue weighted by molar-refractivity contribution is -0.131. The van der Waals surface area contributed by atoms with Crippen LogP contribution in [0.1, 0.15) is 6.92 Å². The molecule has 1 aromatic rings. The molecule has 0 atom stereocenters. The molecule has 62 valence electrons. The van der Waals surface area contributed by atoms with Crippen molar-refractivity contribution in [3.05, 3.63) is 24.3 Å². The van der Waals surface area contributed by atoms with Gasteiger partial charge >= 0.3 is 5.97 Å². The van der Waals surface area contributed by atoms with Crippen LogP contribution in [-0.2, 0) is 4.79 Å². The number of benzene rings is 1. The van der Waals surface area contributed by atoms with Crippen LogP contribution in [0.5, 0.6) is 5.75 Å². The van der Waals surface area contributed by atoms with Gasteiger partial charge in [-0.3, -0.25) is 4.79 Å². The van der Waals surface area contributed by atoms with E-state index >= 15 is 0 Å². The van der Waals surface area contributed by atoms with Crippen LogP contribution in [0.25, 0.3) is 0 Å². The van der Waals surface area contributed by atoms with Gasteiger partial charge in [-0.1, -0.05) is 0 Å². The predicted molar refractivity (Wildman–Crippen MR) is 42.6 cm³/mol. The third-order valence-corrected chi connectivity index (χ3v) is 1.23. The molecule has 0 aliphatic rings. The average molecular weight is 164 g/mol. The number of carbonyl (C=O) groups excluding carboxylic acids is 1. The van der Waals surface area contributed by atoms with Crippen LogP contribution in [0, 0.1) is 5.53 Å². The highest BCUT2D eigenvalue weighted by atomic mass is 16.5. The summed E-state index contributed by atoms with van der Waals surface area (Å²) in [5.74, 6) is 0.112. The van der Waals surface area contributed by atoms with E-state index < -0.39 is 0 Å². The molecule has 4 nitrogen and oxygen atoms in total. The van der Waals surface area contributed by atoms with Gasteiger partial charge in [0.05, 0.1) is 5.69 Å². The quantitative estimate of drug-likeness (QED) is 0.414. The van der Waals surface area contributed by atoms with Crippen molar-refractivity contribution in [2.24, 2.45) is 5.11 Å². The first-order chi connectivity index (χ1) is 5.72. The number of ether oxygens (including phenoxy) is 1. The van der Waals surface area contributed by atoms with E-state index in [1.54, 1.807) is 24.3 Å². The van der Waals surface area contributed by atoms with E-state index in [1.165, 1.54) is 6.92 Å². The lowest BCUT2D eigenvalue weighted by atomic mass is 10.3. The molecular weight excluding hydrogens is 156 g/mol. The van der Waals surface area contributed by atoms with Crippen molar-refractivity contribution < 1.29 is 9.53 Å². The summed E-state index contributed by atoms with van der Waals surface area (Å²) in [6, 6.07) is 6.39. The maximum atomic E-state index is 10.5. The van der Waals surface area contributed by atoms with E-state index in [9.17, 15) is 4.79 Å². The summed E-state index contributed by atoms with van der Waals surface area (Å²) in [6.45, 7) is 1.34. The van der Waals surface area contributed by atoms with Gasteiger partial charge in [-0.2, -0.15) is 5.11 Å². The SMILES string of the molecule is CC(=O)Oc1ccc(N=N)cc1. The predicted octanol–water partition coefficient (Wildman–Crippen LogP) is 2.27. The fraction of sp³-hybridized carbons (Fsp3) is 0.125. The topological polar surface area (TPSA) is 62.5 Å². The van der Waals surface area contributed by atoms with Crippen LogP contribution >= 0.6 is 0 Å². The van der Waals surface area contributed by atoms with Gasteiger partial charge in [-0.25, -0.2) is 5.53 Å². The molecule has 0 bridgehead atoms. The molecule has 0 spiro atoms. The number of hydrogen-bond donors (Lipinski definition) is 1. The maximum absolute atomic E-state index is 10.5. The lowest BCUT2D eigenvalue weighted by Gasteiger charge is -1.99. The highest BCUT2D eigenvalue weighted by Gasteiger charge is 1.96. The highest BCUT2D eigenvalue weighted by molar-refractivity contribution is 5.69. The molecule has 0 aliphatic heterocycles. The molecule has 0 amide bonds. The first-order valence-corrected chi connectivity index (χ1v) is 3.38. The summed E-state index contributed by atoms with van der Waals surface area (Å²) in [7, 11) is 0. The summed E-state index contributed by atoms with van der Waals surface area (Å²) < 4.78 is 4.77. The highest BCUT2D eigenvalue weighted by Crippen LogP contribution is 2.17. The van der Waals surface area contributed by atoms with Crippen molar-refractivity contribution in [1.82, 2.24) is 0 Å². The van der Waals surface area contributed by atoms with Crippen LogP contribution in [0.4, 0.5) is 5.69 Å². The Bertz CT molecular complexity index is 292. The molecule has 1 rings (SSSR count). The largest absolute Gasteiger partial charge is 0.427 e. The van der Waals surface area contributed by atoms with Gasteiger partial charge in [0.2, 0.25) is 0 Å². The number of nitrogens with one attached hydrogen (secondary N) is 1.